The molecule has 1 aromatic heterocycles. The maximum absolute atomic E-state index is 12.2. The predicted molar refractivity (Wildman–Crippen MR) is 70.3 cm³/mol. The molecule has 0 atom stereocenters. The van der Waals surface area contributed by atoms with Crippen molar-refractivity contribution in [3.05, 3.63) is 27.5 Å². The number of carbonyl (C=O) groups is 1. The van der Waals surface area contributed by atoms with Crippen LogP contribution < -0.4 is 0 Å². The quantitative estimate of drug-likeness (QED) is 0.742. The number of hydrogen-bond donors (Lipinski definition) is 0. The van der Waals surface area contributed by atoms with E-state index in [9.17, 15) is 4.79 Å². The fourth-order valence-corrected chi connectivity index (χ4v) is 2.27. The van der Waals surface area contributed by atoms with Crippen molar-refractivity contribution in [1.29, 1.82) is 0 Å². The molecule has 0 bridgehead atoms. The van der Waals surface area contributed by atoms with Gasteiger partial charge in [0.15, 0.2) is 0 Å². The molecule has 1 aliphatic heterocycles. The Morgan fingerprint density at radius 1 is 1.41 bits per heavy atom. The van der Waals surface area contributed by atoms with Gasteiger partial charge in [-0.2, -0.15) is 0 Å². The number of piperazine rings is 1. The van der Waals surface area contributed by atoms with Gasteiger partial charge in [-0.05, 0) is 29.0 Å². The van der Waals surface area contributed by atoms with Crippen LogP contribution in [0.1, 0.15) is 10.4 Å². The van der Waals surface area contributed by atoms with Crippen LogP contribution in [-0.2, 0) is 0 Å². The molecule has 0 unspecified atom stereocenters. The van der Waals surface area contributed by atoms with E-state index in [1.54, 1.807) is 12.3 Å². The largest absolute Gasteiger partial charge is 0.336 e. The lowest BCUT2D eigenvalue weighted by Gasteiger charge is -2.32. The molecule has 1 amide bonds. The summed E-state index contributed by atoms with van der Waals surface area (Å²) in [5.41, 5.74) is 0.464. The van der Waals surface area contributed by atoms with Crippen LogP contribution in [0.15, 0.2) is 16.7 Å². The smallest absolute Gasteiger partial charge is 0.257 e. The Hall–Kier alpha value is -0.650. The van der Waals surface area contributed by atoms with Gasteiger partial charge >= 0.3 is 0 Å². The number of hydrogen-bond acceptors (Lipinski definition) is 3. The molecule has 0 aromatic carbocycles. The number of aromatic nitrogens is 1. The third-order valence-corrected chi connectivity index (χ3v) is 3.56. The summed E-state index contributed by atoms with van der Waals surface area (Å²) in [7, 11) is 2.05. The molecule has 0 aliphatic carbocycles. The number of rotatable bonds is 1. The molecule has 0 saturated carbocycles. The van der Waals surface area contributed by atoms with E-state index in [1.807, 2.05) is 4.90 Å². The van der Waals surface area contributed by atoms with Gasteiger partial charge in [0.1, 0.15) is 5.15 Å². The highest BCUT2D eigenvalue weighted by atomic mass is 79.9. The molecule has 4 nitrogen and oxygen atoms in total. The Bertz CT molecular complexity index is 433. The van der Waals surface area contributed by atoms with Gasteiger partial charge in [-0.25, -0.2) is 4.98 Å². The molecular weight excluding hydrogens is 305 g/mol. The van der Waals surface area contributed by atoms with Gasteiger partial charge in [0.2, 0.25) is 0 Å². The molecule has 0 radical (unpaired) electrons. The summed E-state index contributed by atoms with van der Waals surface area (Å²) in [4.78, 5) is 20.2. The van der Waals surface area contributed by atoms with Crippen LogP contribution in [-0.4, -0.2) is 53.9 Å². The minimum atomic E-state index is -0.0445. The topological polar surface area (TPSA) is 36.4 Å². The summed E-state index contributed by atoms with van der Waals surface area (Å²) in [6.07, 6.45) is 1.59. The van der Waals surface area contributed by atoms with Crippen molar-refractivity contribution in [2.75, 3.05) is 33.2 Å². The van der Waals surface area contributed by atoms with E-state index >= 15 is 0 Å². The molecule has 6 heteroatoms. The fourth-order valence-electron chi connectivity index (χ4n) is 1.75. The van der Waals surface area contributed by atoms with Crippen molar-refractivity contribution in [3.8, 4) is 0 Å². The molecule has 92 valence electrons. The van der Waals surface area contributed by atoms with Crippen LogP contribution in [0.4, 0.5) is 0 Å². The molecule has 2 heterocycles. The second-order valence-electron chi connectivity index (χ2n) is 4.09. The maximum atomic E-state index is 12.2. The van der Waals surface area contributed by atoms with E-state index in [0.29, 0.717) is 5.56 Å². The van der Waals surface area contributed by atoms with Gasteiger partial charge < -0.3 is 9.80 Å². The summed E-state index contributed by atoms with van der Waals surface area (Å²) in [5, 5.41) is 0.261. The highest BCUT2D eigenvalue weighted by Gasteiger charge is 2.22. The van der Waals surface area contributed by atoms with E-state index < -0.39 is 0 Å². The van der Waals surface area contributed by atoms with Crippen molar-refractivity contribution in [2.45, 2.75) is 0 Å². The Morgan fingerprint density at radius 2 is 2.06 bits per heavy atom. The highest BCUT2D eigenvalue weighted by Crippen LogP contribution is 2.20. The SMILES string of the molecule is CN1CCN(C(=O)c2cc(Br)cnc2Cl)CC1. The molecule has 0 spiro atoms. The lowest BCUT2D eigenvalue weighted by atomic mass is 10.2. The Morgan fingerprint density at radius 3 is 2.71 bits per heavy atom. The maximum Gasteiger partial charge on any atom is 0.257 e. The van der Waals surface area contributed by atoms with Crippen LogP contribution in [0.3, 0.4) is 0 Å². The van der Waals surface area contributed by atoms with Gasteiger partial charge in [-0.1, -0.05) is 11.6 Å². The van der Waals surface area contributed by atoms with Crippen LogP contribution in [0.5, 0.6) is 0 Å². The average molecular weight is 319 g/mol. The van der Waals surface area contributed by atoms with E-state index in [1.165, 1.54) is 0 Å². The molecule has 17 heavy (non-hydrogen) atoms. The standard InChI is InChI=1S/C11H13BrClN3O/c1-15-2-4-16(5-3-15)11(17)9-6-8(12)7-14-10(9)13/h6-7H,2-5H2,1H3. The number of pyridine rings is 1. The van der Waals surface area contributed by atoms with Crippen molar-refractivity contribution in [3.63, 3.8) is 0 Å². The minimum Gasteiger partial charge on any atom is -0.336 e. The zero-order chi connectivity index (χ0) is 12.4. The second-order valence-corrected chi connectivity index (χ2v) is 5.36. The summed E-state index contributed by atoms with van der Waals surface area (Å²) in [6.45, 7) is 3.26. The molecule has 1 saturated heterocycles. The van der Waals surface area contributed by atoms with Gasteiger partial charge in [-0.15, -0.1) is 0 Å². The van der Waals surface area contributed by atoms with Crippen molar-refractivity contribution in [2.24, 2.45) is 0 Å². The van der Waals surface area contributed by atoms with Crippen molar-refractivity contribution in [1.82, 2.24) is 14.8 Å². The Labute approximate surface area is 114 Å². The third kappa shape index (κ3) is 2.97. The van der Waals surface area contributed by atoms with E-state index in [0.717, 1.165) is 30.7 Å². The average Bonchev–Trinajstić information content (AvgIpc) is 2.32. The van der Waals surface area contributed by atoms with Crippen molar-refractivity contribution < 1.29 is 4.79 Å². The molecule has 2 rings (SSSR count). The molecule has 1 aliphatic rings. The van der Waals surface area contributed by atoms with Gasteiger partial charge in [0.25, 0.3) is 5.91 Å². The zero-order valence-corrected chi connectivity index (χ0v) is 11.8. The van der Waals surface area contributed by atoms with Gasteiger partial charge in [-0.3, -0.25) is 4.79 Å². The number of halogens is 2. The van der Waals surface area contributed by atoms with E-state index in [2.05, 4.69) is 32.9 Å². The van der Waals surface area contributed by atoms with Gasteiger partial charge in [0, 0.05) is 36.8 Å². The van der Waals surface area contributed by atoms with Crippen LogP contribution in [0, 0.1) is 0 Å². The molecule has 1 aromatic rings. The number of likely N-dealkylation sites (N-methyl/N-ethyl adjacent to an activating group) is 1. The first kappa shape index (κ1) is 12.8. The van der Waals surface area contributed by atoms with Crippen LogP contribution in [0.25, 0.3) is 0 Å². The lowest BCUT2D eigenvalue weighted by molar-refractivity contribution is 0.0664. The summed E-state index contributed by atoms with van der Waals surface area (Å²) < 4.78 is 0.763. The Kier molecular flexibility index (Phi) is 4.01. The summed E-state index contributed by atoms with van der Waals surface area (Å²) >= 11 is 9.25. The number of amides is 1. The zero-order valence-electron chi connectivity index (χ0n) is 9.49. The first-order valence-corrected chi connectivity index (χ1v) is 6.54. The minimum absolute atomic E-state index is 0.0445. The predicted octanol–water partition coefficient (Wildman–Crippen LogP) is 1.89. The first-order valence-electron chi connectivity index (χ1n) is 5.37. The summed E-state index contributed by atoms with van der Waals surface area (Å²) in [5.74, 6) is -0.0445. The normalized spacial score (nSPS) is 17.2. The molecular formula is C11H13BrClN3O. The molecule has 1 fully saturated rings. The number of carbonyl (C=O) groups excluding carboxylic acids is 1. The summed E-state index contributed by atoms with van der Waals surface area (Å²) in [6, 6.07) is 1.72. The van der Waals surface area contributed by atoms with E-state index in [-0.39, 0.29) is 11.1 Å². The second kappa shape index (κ2) is 5.33. The number of nitrogens with zero attached hydrogens (tertiary/aromatic N) is 3. The van der Waals surface area contributed by atoms with Crippen LogP contribution in [0.2, 0.25) is 5.15 Å². The van der Waals surface area contributed by atoms with Crippen LogP contribution >= 0.6 is 27.5 Å². The van der Waals surface area contributed by atoms with Crippen molar-refractivity contribution >= 4 is 33.4 Å². The monoisotopic (exact) mass is 317 g/mol. The fraction of sp³-hybridized carbons (Fsp3) is 0.455. The van der Waals surface area contributed by atoms with Gasteiger partial charge in [0.05, 0.1) is 5.56 Å². The highest BCUT2D eigenvalue weighted by molar-refractivity contribution is 9.10. The van der Waals surface area contributed by atoms with E-state index in [4.69, 9.17) is 11.6 Å². The third-order valence-electron chi connectivity index (χ3n) is 2.83. The molecule has 0 N–H and O–H groups in total. The Balaban J connectivity index is 2.16. The lowest BCUT2D eigenvalue weighted by Crippen LogP contribution is -2.47. The first-order chi connectivity index (χ1) is 8.08.